The van der Waals surface area contributed by atoms with E-state index in [1.807, 2.05) is 30.5 Å². The van der Waals surface area contributed by atoms with Gasteiger partial charge in [-0.2, -0.15) is 0 Å². The molecule has 0 unspecified atom stereocenters. The molecule has 94 valence electrons. The van der Waals surface area contributed by atoms with Crippen molar-refractivity contribution in [1.29, 1.82) is 0 Å². The van der Waals surface area contributed by atoms with E-state index in [0.29, 0.717) is 12.1 Å². The number of halogens is 2. The highest BCUT2D eigenvalue weighted by atomic mass is 32.2. The highest BCUT2D eigenvalue weighted by Crippen LogP contribution is 2.20. The topological polar surface area (TPSA) is 12.0 Å². The lowest BCUT2D eigenvalue weighted by atomic mass is 10.2. The first-order chi connectivity index (χ1) is 8.69. The molecule has 0 bridgehead atoms. The molecule has 4 heteroatoms. The summed E-state index contributed by atoms with van der Waals surface area (Å²) in [6, 6.07) is 11.5. The summed E-state index contributed by atoms with van der Waals surface area (Å²) in [5.74, 6) is -1.08. The van der Waals surface area contributed by atoms with Gasteiger partial charge >= 0.3 is 0 Å². The van der Waals surface area contributed by atoms with E-state index >= 15 is 0 Å². The summed E-state index contributed by atoms with van der Waals surface area (Å²) in [7, 11) is 0. The van der Waals surface area contributed by atoms with E-state index in [1.165, 1.54) is 12.1 Å². The molecule has 0 aliphatic rings. The number of benzene rings is 2. The molecule has 0 aliphatic carbocycles. The third-order valence-electron chi connectivity index (χ3n) is 2.57. The van der Waals surface area contributed by atoms with Crippen LogP contribution in [-0.2, 0) is 6.54 Å². The molecule has 2 aromatic carbocycles. The van der Waals surface area contributed by atoms with Gasteiger partial charge in [-0.25, -0.2) is 8.78 Å². The lowest BCUT2D eigenvalue weighted by molar-refractivity contribution is 0.574. The zero-order chi connectivity index (χ0) is 13.0. The number of nitrogens with one attached hydrogen (secondary N) is 1. The predicted octanol–water partition coefficient (Wildman–Crippen LogP) is 4.30. The van der Waals surface area contributed by atoms with E-state index in [0.717, 1.165) is 16.6 Å². The van der Waals surface area contributed by atoms with Crippen LogP contribution in [0.4, 0.5) is 14.5 Å². The second kappa shape index (κ2) is 5.87. The first-order valence-electron chi connectivity index (χ1n) is 5.51. The highest BCUT2D eigenvalue weighted by Gasteiger charge is 2.03. The molecule has 2 aromatic rings. The van der Waals surface area contributed by atoms with E-state index in [2.05, 4.69) is 5.32 Å². The molecule has 0 radical (unpaired) electrons. The fourth-order valence-electron chi connectivity index (χ4n) is 1.60. The fraction of sp³-hybridized carbons (Fsp3) is 0.143. The third kappa shape index (κ3) is 3.23. The fourth-order valence-corrected chi connectivity index (χ4v) is 2.05. The number of thioether (sulfide) groups is 1. The molecule has 0 aromatic heterocycles. The van der Waals surface area contributed by atoms with E-state index in [9.17, 15) is 8.78 Å². The molecule has 0 spiro atoms. The monoisotopic (exact) mass is 265 g/mol. The van der Waals surface area contributed by atoms with Gasteiger partial charge in [-0.1, -0.05) is 12.1 Å². The molecule has 0 fully saturated rings. The Bertz CT molecular complexity index is 543. The quantitative estimate of drug-likeness (QED) is 0.827. The van der Waals surface area contributed by atoms with Gasteiger partial charge in [-0.05, 0) is 30.5 Å². The number of rotatable bonds is 4. The summed E-state index contributed by atoms with van der Waals surface area (Å²) in [6.45, 7) is 0.337. The van der Waals surface area contributed by atoms with Crippen molar-refractivity contribution in [3.8, 4) is 0 Å². The molecule has 0 saturated carbocycles. The van der Waals surface area contributed by atoms with Crippen LogP contribution in [0.25, 0.3) is 0 Å². The summed E-state index contributed by atoms with van der Waals surface area (Å²) >= 11 is 1.65. The minimum Gasteiger partial charge on any atom is -0.381 e. The average Bonchev–Trinajstić information content (AvgIpc) is 2.38. The first-order valence-corrected chi connectivity index (χ1v) is 6.73. The van der Waals surface area contributed by atoms with E-state index < -0.39 is 11.6 Å². The van der Waals surface area contributed by atoms with Gasteiger partial charge in [0, 0.05) is 28.8 Å². The lowest BCUT2D eigenvalue weighted by Gasteiger charge is -2.08. The van der Waals surface area contributed by atoms with E-state index in [1.54, 1.807) is 11.8 Å². The first kappa shape index (κ1) is 12.9. The van der Waals surface area contributed by atoms with Gasteiger partial charge in [-0.15, -0.1) is 11.8 Å². The highest BCUT2D eigenvalue weighted by molar-refractivity contribution is 7.98. The Labute approximate surface area is 109 Å². The van der Waals surface area contributed by atoms with Gasteiger partial charge in [0.05, 0.1) is 0 Å². The molecule has 1 N–H and O–H groups in total. The molecule has 0 heterocycles. The Hall–Kier alpha value is -1.55. The van der Waals surface area contributed by atoms with Gasteiger partial charge in [0.1, 0.15) is 11.6 Å². The van der Waals surface area contributed by atoms with Crippen molar-refractivity contribution in [3.63, 3.8) is 0 Å². The summed E-state index contributed by atoms with van der Waals surface area (Å²) in [6.07, 6.45) is 2.00. The van der Waals surface area contributed by atoms with Crippen LogP contribution in [0.2, 0.25) is 0 Å². The van der Waals surface area contributed by atoms with Crippen molar-refractivity contribution in [2.45, 2.75) is 11.4 Å². The van der Waals surface area contributed by atoms with Crippen LogP contribution >= 0.6 is 11.8 Å². The molecule has 2 rings (SSSR count). The van der Waals surface area contributed by atoms with Crippen LogP contribution in [0.1, 0.15) is 5.56 Å². The summed E-state index contributed by atoms with van der Waals surface area (Å²) in [5, 5.41) is 3.12. The smallest absolute Gasteiger partial charge is 0.131 e. The molecular weight excluding hydrogens is 252 g/mol. The largest absolute Gasteiger partial charge is 0.381 e. The Balaban J connectivity index is 2.06. The molecular formula is C14H13F2NS. The van der Waals surface area contributed by atoms with Crippen LogP contribution in [0.15, 0.2) is 47.4 Å². The SMILES string of the molecule is CSc1cccc(NCc2ccc(F)cc2F)c1. The van der Waals surface area contributed by atoms with Crippen LogP contribution < -0.4 is 5.32 Å². The predicted molar refractivity (Wildman–Crippen MR) is 71.9 cm³/mol. The maximum Gasteiger partial charge on any atom is 0.131 e. The van der Waals surface area contributed by atoms with Crippen molar-refractivity contribution in [1.82, 2.24) is 0 Å². The normalized spacial score (nSPS) is 10.4. The van der Waals surface area contributed by atoms with Crippen molar-refractivity contribution in [2.75, 3.05) is 11.6 Å². The van der Waals surface area contributed by atoms with Crippen LogP contribution in [0.3, 0.4) is 0 Å². The lowest BCUT2D eigenvalue weighted by Crippen LogP contribution is -2.02. The Morgan fingerprint density at radius 2 is 1.94 bits per heavy atom. The molecule has 0 atom stereocenters. The Morgan fingerprint density at radius 1 is 1.11 bits per heavy atom. The molecule has 0 aliphatic heterocycles. The summed E-state index contributed by atoms with van der Waals surface area (Å²) in [5.41, 5.74) is 1.37. The maximum absolute atomic E-state index is 13.4. The van der Waals surface area contributed by atoms with Gasteiger partial charge in [0.15, 0.2) is 0 Å². The number of anilines is 1. The van der Waals surface area contributed by atoms with Gasteiger partial charge in [0.25, 0.3) is 0 Å². The third-order valence-corrected chi connectivity index (χ3v) is 3.29. The van der Waals surface area contributed by atoms with Crippen LogP contribution in [-0.4, -0.2) is 6.26 Å². The van der Waals surface area contributed by atoms with Crippen molar-refractivity contribution in [3.05, 3.63) is 59.7 Å². The van der Waals surface area contributed by atoms with Crippen LogP contribution in [0, 0.1) is 11.6 Å². The second-order valence-electron chi connectivity index (χ2n) is 3.82. The minimum absolute atomic E-state index is 0.337. The molecule has 0 amide bonds. The summed E-state index contributed by atoms with van der Waals surface area (Å²) in [4.78, 5) is 1.14. The van der Waals surface area contributed by atoms with Crippen molar-refractivity contribution in [2.24, 2.45) is 0 Å². The van der Waals surface area contributed by atoms with E-state index in [-0.39, 0.29) is 0 Å². The molecule has 0 saturated heterocycles. The van der Waals surface area contributed by atoms with Gasteiger partial charge in [0.2, 0.25) is 0 Å². The Morgan fingerprint density at radius 3 is 2.67 bits per heavy atom. The second-order valence-corrected chi connectivity index (χ2v) is 4.70. The zero-order valence-electron chi connectivity index (χ0n) is 9.91. The standard InChI is InChI=1S/C14H13F2NS/c1-18-13-4-2-3-12(8-13)17-9-10-5-6-11(15)7-14(10)16/h2-8,17H,9H2,1H3. The zero-order valence-corrected chi connectivity index (χ0v) is 10.7. The van der Waals surface area contributed by atoms with Crippen LogP contribution in [0.5, 0.6) is 0 Å². The van der Waals surface area contributed by atoms with E-state index in [4.69, 9.17) is 0 Å². The Kier molecular flexibility index (Phi) is 4.20. The number of hydrogen-bond acceptors (Lipinski definition) is 2. The van der Waals surface area contributed by atoms with Crippen molar-refractivity contribution >= 4 is 17.4 Å². The molecule has 1 nitrogen and oxygen atoms in total. The maximum atomic E-state index is 13.4. The van der Waals surface area contributed by atoms with Gasteiger partial charge in [-0.3, -0.25) is 0 Å². The number of hydrogen-bond donors (Lipinski definition) is 1. The van der Waals surface area contributed by atoms with Gasteiger partial charge < -0.3 is 5.32 Å². The summed E-state index contributed by atoms with van der Waals surface area (Å²) < 4.78 is 26.2. The minimum atomic E-state index is -0.555. The van der Waals surface area contributed by atoms with Crippen molar-refractivity contribution < 1.29 is 8.78 Å². The average molecular weight is 265 g/mol. The molecule has 18 heavy (non-hydrogen) atoms.